The Balaban J connectivity index is 2.13. The van der Waals surface area contributed by atoms with Crippen molar-refractivity contribution in [3.8, 4) is 0 Å². The lowest BCUT2D eigenvalue weighted by atomic mass is 9.91. The van der Waals surface area contributed by atoms with Crippen LogP contribution in [0.4, 0.5) is 0 Å². The van der Waals surface area contributed by atoms with Gasteiger partial charge in [0.1, 0.15) is 0 Å². The van der Waals surface area contributed by atoms with Gasteiger partial charge in [0.05, 0.1) is 10.7 Å². The molecule has 1 unspecified atom stereocenters. The van der Waals surface area contributed by atoms with Gasteiger partial charge in [-0.2, -0.15) is 0 Å². The number of hydrogen-bond donors (Lipinski definition) is 1. The molecule has 0 saturated carbocycles. The number of aromatic nitrogens is 1. The fourth-order valence-corrected chi connectivity index (χ4v) is 3.55. The third-order valence-electron chi connectivity index (χ3n) is 3.35. The molecule has 2 rings (SSSR count). The lowest BCUT2D eigenvalue weighted by molar-refractivity contribution is 0.474. The van der Waals surface area contributed by atoms with Crippen molar-refractivity contribution in [3.05, 3.63) is 15.6 Å². The Morgan fingerprint density at radius 1 is 1.35 bits per heavy atom. The minimum atomic E-state index is 0.573. The predicted molar refractivity (Wildman–Crippen MR) is 75.0 cm³/mol. The van der Waals surface area contributed by atoms with Crippen LogP contribution in [0.2, 0.25) is 0 Å². The van der Waals surface area contributed by atoms with E-state index in [1.54, 1.807) is 4.88 Å². The van der Waals surface area contributed by atoms with Gasteiger partial charge in [-0.15, -0.1) is 11.3 Å². The van der Waals surface area contributed by atoms with Crippen LogP contribution in [-0.4, -0.2) is 17.6 Å². The molecule has 0 aromatic carbocycles. The van der Waals surface area contributed by atoms with E-state index in [4.69, 9.17) is 4.98 Å². The highest BCUT2D eigenvalue weighted by atomic mass is 32.1. The third kappa shape index (κ3) is 3.08. The summed E-state index contributed by atoms with van der Waals surface area (Å²) in [5.74, 6) is 1.22. The summed E-state index contributed by atoms with van der Waals surface area (Å²) in [7, 11) is 0. The number of nitrogens with one attached hydrogen (secondary N) is 1. The standard InChI is InChI=1S/C14H24N2S/c1-9(2)14-16-13-11(8-15-10(3)4)6-5-7-12(13)17-14/h9-11,15H,5-8H2,1-4H3. The first-order valence-electron chi connectivity index (χ1n) is 6.80. The van der Waals surface area contributed by atoms with Crippen LogP contribution in [0.3, 0.4) is 0 Å². The second-order valence-corrected chi connectivity index (χ2v) is 6.78. The van der Waals surface area contributed by atoms with Crippen LogP contribution in [0.15, 0.2) is 0 Å². The van der Waals surface area contributed by atoms with Gasteiger partial charge in [0.25, 0.3) is 0 Å². The van der Waals surface area contributed by atoms with Gasteiger partial charge in [-0.05, 0) is 19.3 Å². The van der Waals surface area contributed by atoms with Gasteiger partial charge < -0.3 is 5.32 Å². The molecule has 1 aromatic heterocycles. The summed E-state index contributed by atoms with van der Waals surface area (Å²) >= 11 is 1.94. The molecule has 2 nitrogen and oxygen atoms in total. The van der Waals surface area contributed by atoms with E-state index in [0.717, 1.165) is 6.54 Å². The maximum atomic E-state index is 4.89. The molecule has 0 fully saturated rings. The zero-order valence-electron chi connectivity index (χ0n) is 11.4. The summed E-state index contributed by atoms with van der Waals surface area (Å²) in [6, 6.07) is 0.573. The maximum Gasteiger partial charge on any atom is 0.0956 e. The van der Waals surface area contributed by atoms with Crippen molar-refractivity contribution in [3.63, 3.8) is 0 Å². The van der Waals surface area contributed by atoms with Gasteiger partial charge in [0.2, 0.25) is 0 Å². The number of thiazole rings is 1. The van der Waals surface area contributed by atoms with Crippen LogP contribution >= 0.6 is 11.3 Å². The molecule has 0 aliphatic heterocycles. The molecular weight excluding hydrogens is 228 g/mol. The summed E-state index contributed by atoms with van der Waals surface area (Å²) in [4.78, 5) is 6.44. The second-order valence-electron chi connectivity index (χ2n) is 5.67. The molecular formula is C14H24N2S. The fourth-order valence-electron chi connectivity index (χ4n) is 2.35. The number of nitrogens with zero attached hydrogens (tertiary/aromatic N) is 1. The topological polar surface area (TPSA) is 24.9 Å². The molecule has 1 heterocycles. The van der Waals surface area contributed by atoms with Gasteiger partial charge in [0.15, 0.2) is 0 Å². The Hall–Kier alpha value is -0.410. The van der Waals surface area contributed by atoms with E-state index >= 15 is 0 Å². The number of aryl methyl sites for hydroxylation is 1. The molecule has 3 heteroatoms. The van der Waals surface area contributed by atoms with E-state index in [1.165, 1.54) is 30.0 Å². The normalized spacial score (nSPS) is 20.0. The van der Waals surface area contributed by atoms with Crippen molar-refractivity contribution in [2.24, 2.45) is 0 Å². The molecule has 1 aliphatic rings. The minimum Gasteiger partial charge on any atom is -0.314 e. The van der Waals surface area contributed by atoms with Gasteiger partial charge in [-0.3, -0.25) is 0 Å². The van der Waals surface area contributed by atoms with E-state index in [9.17, 15) is 0 Å². The summed E-state index contributed by atoms with van der Waals surface area (Å²) in [6.07, 6.45) is 3.88. The highest BCUT2D eigenvalue weighted by Gasteiger charge is 2.25. The van der Waals surface area contributed by atoms with Crippen LogP contribution in [-0.2, 0) is 6.42 Å². The zero-order chi connectivity index (χ0) is 12.4. The van der Waals surface area contributed by atoms with Crippen LogP contribution in [0.1, 0.15) is 68.0 Å². The van der Waals surface area contributed by atoms with Crippen molar-refractivity contribution in [2.45, 2.75) is 64.8 Å². The highest BCUT2D eigenvalue weighted by molar-refractivity contribution is 7.11. The van der Waals surface area contributed by atoms with E-state index in [1.807, 2.05) is 11.3 Å². The second kappa shape index (κ2) is 5.49. The average Bonchev–Trinajstić information content (AvgIpc) is 2.70. The van der Waals surface area contributed by atoms with Crippen LogP contribution in [0.25, 0.3) is 0 Å². The predicted octanol–water partition coefficient (Wildman–Crippen LogP) is 3.68. The van der Waals surface area contributed by atoms with E-state index in [0.29, 0.717) is 17.9 Å². The average molecular weight is 252 g/mol. The molecule has 0 saturated heterocycles. The Bertz CT molecular complexity index is 368. The molecule has 0 radical (unpaired) electrons. The lowest BCUT2D eigenvalue weighted by Crippen LogP contribution is -2.29. The highest BCUT2D eigenvalue weighted by Crippen LogP contribution is 2.36. The first-order valence-corrected chi connectivity index (χ1v) is 7.62. The van der Waals surface area contributed by atoms with E-state index < -0.39 is 0 Å². The van der Waals surface area contributed by atoms with Crippen molar-refractivity contribution in [1.29, 1.82) is 0 Å². The minimum absolute atomic E-state index is 0.573. The number of rotatable bonds is 4. The van der Waals surface area contributed by atoms with Gasteiger partial charge >= 0.3 is 0 Å². The SMILES string of the molecule is CC(C)NCC1CCCc2sc(C(C)C)nc21. The summed E-state index contributed by atoms with van der Waals surface area (Å²) in [6.45, 7) is 10.00. The van der Waals surface area contributed by atoms with Crippen molar-refractivity contribution in [2.75, 3.05) is 6.54 Å². The van der Waals surface area contributed by atoms with Gasteiger partial charge in [0, 0.05) is 29.3 Å². The van der Waals surface area contributed by atoms with Crippen LogP contribution in [0.5, 0.6) is 0 Å². The summed E-state index contributed by atoms with van der Waals surface area (Å²) in [5, 5.41) is 4.88. The van der Waals surface area contributed by atoms with Crippen molar-refractivity contribution < 1.29 is 0 Å². The third-order valence-corrected chi connectivity index (χ3v) is 4.79. The molecule has 0 spiro atoms. The molecule has 17 heavy (non-hydrogen) atoms. The fraction of sp³-hybridized carbons (Fsp3) is 0.786. The smallest absolute Gasteiger partial charge is 0.0956 e. The molecule has 0 bridgehead atoms. The first-order chi connectivity index (χ1) is 8.08. The number of fused-ring (bicyclic) bond motifs is 1. The van der Waals surface area contributed by atoms with Crippen molar-refractivity contribution >= 4 is 11.3 Å². The van der Waals surface area contributed by atoms with E-state index in [2.05, 4.69) is 33.0 Å². The quantitative estimate of drug-likeness (QED) is 0.884. The monoisotopic (exact) mass is 252 g/mol. The Morgan fingerprint density at radius 2 is 2.12 bits per heavy atom. The molecule has 96 valence electrons. The Kier molecular flexibility index (Phi) is 4.21. The summed E-state index contributed by atoms with van der Waals surface area (Å²) in [5.41, 5.74) is 1.40. The maximum absolute atomic E-state index is 4.89. The van der Waals surface area contributed by atoms with Gasteiger partial charge in [-0.1, -0.05) is 27.7 Å². The van der Waals surface area contributed by atoms with Crippen LogP contribution in [0, 0.1) is 0 Å². The summed E-state index contributed by atoms with van der Waals surface area (Å²) < 4.78 is 0. The first kappa shape index (κ1) is 13.0. The molecule has 1 aliphatic carbocycles. The van der Waals surface area contributed by atoms with Crippen LogP contribution < -0.4 is 5.32 Å². The Morgan fingerprint density at radius 3 is 2.76 bits per heavy atom. The molecule has 1 N–H and O–H groups in total. The lowest BCUT2D eigenvalue weighted by Gasteiger charge is -2.22. The number of hydrogen-bond acceptors (Lipinski definition) is 3. The van der Waals surface area contributed by atoms with Crippen molar-refractivity contribution in [1.82, 2.24) is 10.3 Å². The molecule has 1 aromatic rings. The molecule has 1 atom stereocenters. The largest absolute Gasteiger partial charge is 0.314 e. The molecule has 0 amide bonds. The Labute approximate surface area is 109 Å². The zero-order valence-corrected chi connectivity index (χ0v) is 12.2. The van der Waals surface area contributed by atoms with Gasteiger partial charge in [-0.25, -0.2) is 4.98 Å². The van der Waals surface area contributed by atoms with E-state index in [-0.39, 0.29) is 0 Å².